The molecule has 0 spiro atoms. The van der Waals surface area contributed by atoms with Crippen LogP contribution < -0.4 is 15.8 Å². The number of urea groups is 1. The Bertz CT molecular complexity index is 830. The summed E-state index contributed by atoms with van der Waals surface area (Å²) in [6.07, 6.45) is -3.05. The molecule has 1 aromatic carbocycles. The first-order valence-corrected chi connectivity index (χ1v) is 7.94. The summed E-state index contributed by atoms with van der Waals surface area (Å²) < 4.78 is 37.8. The molecule has 0 fully saturated rings. The molecular formula is C17H17F3N6O. The Morgan fingerprint density at radius 1 is 1.26 bits per heavy atom. The third kappa shape index (κ3) is 5.85. The van der Waals surface area contributed by atoms with Crippen molar-refractivity contribution in [3.63, 3.8) is 0 Å². The molecule has 142 valence electrons. The molecule has 0 bridgehead atoms. The Labute approximate surface area is 153 Å². The number of aromatic nitrogens is 2. The number of nitrogens with zero attached hydrogens (tertiary/aromatic N) is 4. The number of rotatable bonds is 5. The van der Waals surface area contributed by atoms with E-state index in [0.29, 0.717) is 12.4 Å². The number of hydrazine groups is 1. The third-order valence-corrected chi connectivity index (χ3v) is 3.27. The van der Waals surface area contributed by atoms with E-state index in [2.05, 4.69) is 20.7 Å². The Morgan fingerprint density at radius 3 is 2.48 bits per heavy atom. The zero-order valence-corrected chi connectivity index (χ0v) is 14.6. The molecule has 0 atom stereocenters. The summed E-state index contributed by atoms with van der Waals surface area (Å²) >= 11 is 0. The normalized spacial score (nSPS) is 11.0. The van der Waals surface area contributed by atoms with Crippen LogP contribution >= 0.6 is 0 Å². The van der Waals surface area contributed by atoms with Crippen LogP contribution in [0.4, 0.5) is 29.5 Å². The van der Waals surface area contributed by atoms with Gasteiger partial charge in [-0.05, 0) is 30.2 Å². The van der Waals surface area contributed by atoms with Crippen molar-refractivity contribution in [3.05, 3.63) is 47.9 Å². The first kappa shape index (κ1) is 20.0. The van der Waals surface area contributed by atoms with Crippen molar-refractivity contribution < 1.29 is 18.0 Å². The number of hydrogen-bond donors (Lipinski definition) is 2. The number of halogens is 3. The molecule has 10 heteroatoms. The summed E-state index contributed by atoms with van der Waals surface area (Å²) in [6.45, 7) is 4.24. The molecule has 7 nitrogen and oxygen atoms in total. The molecule has 0 aliphatic heterocycles. The number of amides is 2. The topological polar surface area (TPSA) is 93.9 Å². The average Bonchev–Trinajstić information content (AvgIpc) is 2.60. The van der Waals surface area contributed by atoms with Crippen LogP contribution in [0.5, 0.6) is 0 Å². The Morgan fingerprint density at radius 2 is 1.93 bits per heavy atom. The molecule has 0 unspecified atom stereocenters. The summed E-state index contributed by atoms with van der Waals surface area (Å²) in [6, 6.07) is 6.77. The fraction of sp³-hybridized carbons (Fsp3) is 0.294. The van der Waals surface area contributed by atoms with Crippen LogP contribution in [0.2, 0.25) is 0 Å². The predicted octanol–water partition coefficient (Wildman–Crippen LogP) is 3.57. The van der Waals surface area contributed by atoms with Crippen LogP contribution in [0.25, 0.3) is 0 Å². The second-order valence-corrected chi connectivity index (χ2v) is 6.00. The number of benzene rings is 1. The zero-order valence-electron chi connectivity index (χ0n) is 14.6. The number of carbonyl (C=O) groups is 1. The molecule has 2 amide bonds. The number of nitriles is 1. The Hall–Kier alpha value is -3.35. The van der Waals surface area contributed by atoms with E-state index in [-0.39, 0.29) is 17.4 Å². The maximum Gasteiger partial charge on any atom is 0.416 e. The first-order valence-electron chi connectivity index (χ1n) is 7.94. The SMILES string of the molecule is CC(C)CN(NC(=O)Nc1ccc(C(F)(F)F)cc1)c1ccnc(C#N)n1. The molecule has 2 aromatic rings. The lowest BCUT2D eigenvalue weighted by Crippen LogP contribution is -2.46. The summed E-state index contributed by atoms with van der Waals surface area (Å²) in [5.74, 6) is 0.417. The van der Waals surface area contributed by atoms with E-state index < -0.39 is 17.8 Å². The molecule has 0 aliphatic rings. The van der Waals surface area contributed by atoms with Crippen LogP contribution in [0.15, 0.2) is 36.5 Å². The lowest BCUT2D eigenvalue weighted by Gasteiger charge is -2.26. The van der Waals surface area contributed by atoms with Crippen molar-refractivity contribution >= 4 is 17.5 Å². The van der Waals surface area contributed by atoms with Gasteiger partial charge in [0.15, 0.2) is 5.82 Å². The minimum Gasteiger partial charge on any atom is -0.307 e. The molecule has 0 saturated carbocycles. The van der Waals surface area contributed by atoms with E-state index >= 15 is 0 Å². The summed E-state index contributed by atoms with van der Waals surface area (Å²) in [4.78, 5) is 20.0. The maximum atomic E-state index is 12.6. The van der Waals surface area contributed by atoms with Gasteiger partial charge in [-0.1, -0.05) is 13.8 Å². The lowest BCUT2D eigenvalue weighted by atomic mass is 10.2. The van der Waals surface area contributed by atoms with Crippen LogP contribution in [-0.2, 0) is 6.18 Å². The highest BCUT2D eigenvalue weighted by atomic mass is 19.4. The summed E-state index contributed by atoms with van der Waals surface area (Å²) in [5.41, 5.74) is 1.96. The van der Waals surface area contributed by atoms with Gasteiger partial charge in [0.1, 0.15) is 6.07 Å². The number of carbonyl (C=O) groups excluding carboxylic acids is 1. The van der Waals surface area contributed by atoms with Gasteiger partial charge in [-0.3, -0.25) is 5.01 Å². The fourth-order valence-corrected chi connectivity index (χ4v) is 2.14. The average molecular weight is 378 g/mol. The number of hydrogen-bond acceptors (Lipinski definition) is 5. The summed E-state index contributed by atoms with van der Waals surface area (Å²) in [7, 11) is 0. The van der Waals surface area contributed by atoms with Crippen LogP contribution in [0, 0.1) is 17.2 Å². The van der Waals surface area contributed by atoms with Crippen molar-refractivity contribution in [3.8, 4) is 6.07 Å². The minimum absolute atomic E-state index is 0.0498. The highest BCUT2D eigenvalue weighted by molar-refractivity contribution is 5.90. The molecular weight excluding hydrogens is 361 g/mol. The standard InChI is InChI=1S/C17H17F3N6O/c1-11(2)10-26(15-7-8-22-14(9-21)24-15)25-16(27)23-13-5-3-12(4-6-13)17(18,19)20/h3-8,11H,10H2,1-2H3,(H2,23,25,27). The second-order valence-electron chi connectivity index (χ2n) is 6.00. The monoisotopic (exact) mass is 378 g/mol. The second kappa shape index (κ2) is 8.35. The van der Waals surface area contributed by atoms with Gasteiger partial charge in [0, 0.05) is 24.5 Å². The summed E-state index contributed by atoms with van der Waals surface area (Å²) in [5, 5.41) is 12.8. The maximum absolute atomic E-state index is 12.6. The smallest absolute Gasteiger partial charge is 0.307 e. The molecule has 2 rings (SSSR count). The van der Waals surface area contributed by atoms with E-state index in [9.17, 15) is 18.0 Å². The van der Waals surface area contributed by atoms with Gasteiger partial charge in [-0.25, -0.2) is 15.2 Å². The minimum atomic E-state index is -4.44. The van der Waals surface area contributed by atoms with Crippen molar-refractivity contribution in [2.75, 3.05) is 16.9 Å². The van der Waals surface area contributed by atoms with Crippen LogP contribution in [0.3, 0.4) is 0 Å². The van der Waals surface area contributed by atoms with Crippen molar-refractivity contribution in [1.29, 1.82) is 5.26 Å². The van der Waals surface area contributed by atoms with Gasteiger partial charge in [-0.15, -0.1) is 0 Å². The van der Waals surface area contributed by atoms with Gasteiger partial charge in [0.25, 0.3) is 0 Å². The third-order valence-electron chi connectivity index (χ3n) is 3.27. The quantitative estimate of drug-likeness (QED) is 0.776. The van der Waals surface area contributed by atoms with E-state index in [4.69, 9.17) is 5.26 Å². The fourth-order valence-electron chi connectivity index (χ4n) is 2.14. The van der Waals surface area contributed by atoms with E-state index in [1.807, 2.05) is 19.9 Å². The number of anilines is 2. The van der Waals surface area contributed by atoms with E-state index in [0.717, 1.165) is 24.3 Å². The van der Waals surface area contributed by atoms with Crippen molar-refractivity contribution in [2.24, 2.45) is 5.92 Å². The van der Waals surface area contributed by atoms with Gasteiger partial charge >= 0.3 is 12.2 Å². The number of nitrogens with one attached hydrogen (secondary N) is 2. The van der Waals surface area contributed by atoms with Crippen LogP contribution in [-0.4, -0.2) is 22.5 Å². The molecule has 2 N–H and O–H groups in total. The molecule has 0 aliphatic carbocycles. The molecule has 0 saturated heterocycles. The molecule has 27 heavy (non-hydrogen) atoms. The van der Waals surface area contributed by atoms with Crippen molar-refractivity contribution in [2.45, 2.75) is 20.0 Å². The van der Waals surface area contributed by atoms with Gasteiger partial charge in [0.05, 0.1) is 5.56 Å². The molecule has 1 heterocycles. The van der Waals surface area contributed by atoms with Gasteiger partial charge < -0.3 is 5.32 Å². The highest BCUT2D eigenvalue weighted by Gasteiger charge is 2.30. The highest BCUT2D eigenvalue weighted by Crippen LogP contribution is 2.29. The van der Waals surface area contributed by atoms with Crippen molar-refractivity contribution in [1.82, 2.24) is 15.4 Å². The van der Waals surface area contributed by atoms with Gasteiger partial charge in [-0.2, -0.15) is 23.4 Å². The van der Waals surface area contributed by atoms with E-state index in [1.54, 1.807) is 0 Å². The predicted molar refractivity (Wildman–Crippen MR) is 92.5 cm³/mol. The van der Waals surface area contributed by atoms with E-state index in [1.165, 1.54) is 17.3 Å². The largest absolute Gasteiger partial charge is 0.416 e. The molecule has 1 aromatic heterocycles. The van der Waals surface area contributed by atoms with Gasteiger partial charge in [0.2, 0.25) is 5.82 Å². The van der Waals surface area contributed by atoms with Crippen LogP contribution in [0.1, 0.15) is 25.2 Å². The Balaban J connectivity index is 2.10. The first-order chi connectivity index (χ1) is 12.7. The number of alkyl halides is 3. The Kier molecular flexibility index (Phi) is 6.18. The molecule has 0 radical (unpaired) electrons. The lowest BCUT2D eigenvalue weighted by molar-refractivity contribution is -0.137. The zero-order chi connectivity index (χ0) is 20.0.